The minimum atomic E-state index is -0.108. The average molecular weight is 340 g/mol. The van der Waals surface area contributed by atoms with Crippen molar-refractivity contribution < 1.29 is 9.53 Å². The van der Waals surface area contributed by atoms with Crippen LogP contribution in [0.2, 0.25) is 0 Å². The van der Waals surface area contributed by atoms with Gasteiger partial charge in [-0.25, -0.2) is 0 Å². The number of carbonyl (C=O) groups excluding carboxylic acids is 1. The summed E-state index contributed by atoms with van der Waals surface area (Å²) >= 11 is 1.93. The van der Waals surface area contributed by atoms with E-state index in [0.29, 0.717) is 11.8 Å². The number of hydrogen-bond donors (Lipinski definition) is 1. The molecule has 1 aliphatic heterocycles. The third-order valence-electron chi connectivity index (χ3n) is 4.14. The SMILES string of the molecule is COCC(=O)NCc1cc2n(n1)CCCN(CC[C@H](C)SC)C2. The van der Waals surface area contributed by atoms with E-state index in [9.17, 15) is 4.79 Å². The Morgan fingerprint density at radius 1 is 1.52 bits per heavy atom. The van der Waals surface area contributed by atoms with Gasteiger partial charge in [0.05, 0.1) is 17.9 Å². The first kappa shape index (κ1) is 18.3. The number of nitrogens with zero attached hydrogens (tertiary/aromatic N) is 3. The zero-order valence-electron chi connectivity index (χ0n) is 14.4. The number of ether oxygens (including phenoxy) is 1. The van der Waals surface area contributed by atoms with E-state index in [4.69, 9.17) is 4.74 Å². The number of amides is 1. The van der Waals surface area contributed by atoms with Crippen LogP contribution in [-0.4, -0.2) is 58.9 Å². The number of fused-ring (bicyclic) bond motifs is 1. The number of methoxy groups -OCH3 is 1. The zero-order valence-corrected chi connectivity index (χ0v) is 15.2. The Balaban J connectivity index is 1.89. The van der Waals surface area contributed by atoms with Gasteiger partial charge < -0.3 is 10.1 Å². The van der Waals surface area contributed by atoms with Crippen LogP contribution >= 0.6 is 11.8 Å². The highest BCUT2D eigenvalue weighted by Gasteiger charge is 2.17. The lowest BCUT2D eigenvalue weighted by Gasteiger charge is -2.20. The van der Waals surface area contributed by atoms with Crippen LogP contribution < -0.4 is 5.32 Å². The topological polar surface area (TPSA) is 59.4 Å². The fourth-order valence-electron chi connectivity index (χ4n) is 2.72. The molecule has 1 aromatic heterocycles. The van der Waals surface area contributed by atoms with Gasteiger partial charge in [-0.1, -0.05) is 6.92 Å². The van der Waals surface area contributed by atoms with E-state index in [-0.39, 0.29) is 12.5 Å². The molecular formula is C16H28N4O2S. The molecule has 1 atom stereocenters. The van der Waals surface area contributed by atoms with Crippen LogP contribution in [0, 0.1) is 0 Å². The van der Waals surface area contributed by atoms with Gasteiger partial charge in [0.25, 0.3) is 0 Å². The minimum Gasteiger partial charge on any atom is -0.375 e. The van der Waals surface area contributed by atoms with E-state index in [2.05, 4.69) is 39.2 Å². The quantitative estimate of drug-likeness (QED) is 0.777. The van der Waals surface area contributed by atoms with E-state index in [0.717, 1.165) is 38.3 Å². The lowest BCUT2D eigenvalue weighted by Crippen LogP contribution is -2.27. The smallest absolute Gasteiger partial charge is 0.246 e. The molecule has 0 saturated carbocycles. The number of aryl methyl sites for hydroxylation is 1. The van der Waals surface area contributed by atoms with Gasteiger partial charge in [-0.3, -0.25) is 14.4 Å². The molecule has 0 aromatic carbocycles. The monoisotopic (exact) mass is 340 g/mol. The Hall–Kier alpha value is -1.05. The average Bonchev–Trinajstić information content (AvgIpc) is 2.82. The van der Waals surface area contributed by atoms with Gasteiger partial charge in [-0.15, -0.1) is 0 Å². The first-order chi connectivity index (χ1) is 11.1. The molecule has 0 aliphatic carbocycles. The standard InChI is InChI=1S/C16H28N4O2S/c1-13(23-3)5-8-19-6-4-7-20-15(11-19)9-14(18-20)10-17-16(21)12-22-2/h9,13H,4-8,10-12H2,1-3H3,(H,17,21)/t13-/m0/s1. The third kappa shape index (κ3) is 5.82. The maximum Gasteiger partial charge on any atom is 0.246 e. The molecule has 2 rings (SSSR count). The summed E-state index contributed by atoms with van der Waals surface area (Å²) in [6.45, 7) is 7.00. The molecule has 7 heteroatoms. The van der Waals surface area contributed by atoms with E-state index < -0.39 is 0 Å². The van der Waals surface area contributed by atoms with E-state index in [1.54, 1.807) is 0 Å². The van der Waals surface area contributed by atoms with Gasteiger partial charge in [-0.05, 0) is 31.7 Å². The number of aromatic nitrogens is 2. The molecule has 0 saturated heterocycles. The Bertz CT molecular complexity index is 506. The maximum atomic E-state index is 11.5. The summed E-state index contributed by atoms with van der Waals surface area (Å²) in [5.41, 5.74) is 2.17. The van der Waals surface area contributed by atoms with Crippen LogP contribution in [-0.2, 0) is 29.2 Å². The van der Waals surface area contributed by atoms with Gasteiger partial charge >= 0.3 is 0 Å². The summed E-state index contributed by atoms with van der Waals surface area (Å²) in [5, 5.41) is 8.15. The normalized spacial score (nSPS) is 16.7. The molecule has 1 aliphatic rings. The molecule has 1 aromatic rings. The second-order valence-corrected chi connectivity index (χ2v) is 7.30. The minimum absolute atomic E-state index is 0.0922. The number of thioether (sulfide) groups is 1. The molecule has 0 unspecified atom stereocenters. The third-order valence-corrected chi connectivity index (χ3v) is 5.18. The zero-order chi connectivity index (χ0) is 16.7. The lowest BCUT2D eigenvalue weighted by atomic mass is 10.2. The van der Waals surface area contributed by atoms with E-state index >= 15 is 0 Å². The van der Waals surface area contributed by atoms with Crippen molar-refractivity contribution >= 4 is 17.7 Å². The van der Waals surface area contributed by atoms with Gasteiger partial charge in [0.15, 0.2) is 0 Å². The summed E-state index contributed by atoms with van der Waals surface area (Å²) in [4.78, 5) is 14.0. The molecule has 23 heavy (non-hydrogen) atoms. The summed E-state index contributed by atoms with van der Waals surface area (Å²) in [6, 6.07) is 2.11. The molecule has 6 nitrogen and oxygen atoms in total. The molecule has 0 fully saturated rings. The first-order valence-corrected chi connectivity index (χ1v) is 9.47. The molecule has 130 valence electrons. The predicted molar refractivity (Wildman–Crippen MR) is 93.4 cm³/mol. The highest BCUT2D eigenvalue weighted by atomic mass is 32.2. The van der Waals surface area contributed by atoms with Crippen molar-refractivity contribution in [3.8, 4) is 0 Å². The molecule has 0 spiro atoms. The van der Waals surface area contributed by atoms with Gasteiger partial charge in [0.2, 0.25) is 5.91 Å². The van der Waals surface area contributed by atoms with Crippen molar-refractivity contribution in [2.75, 3.05) is 33.1 Å². The maximum absolute atomic E-state index is 11.5. The largest absolute Gasteiger partial charge is 0.375 e. The van der Waals surface area contributed by atoms with Crippen LogP contribution in [0.4, 0.5) is 0 Å². The number of nitrogens with one attached hydrogen (secondary N) is 1. The summed E-state index contributed by atoms with van der Waals surface area (Å²) in [6.07, 6.45) is 4.51. The van der Waals surface area contributed by atoms with Gasteiger partial charge in [0, 0.05) is 32.0 Å². The Morgan fingerprint density at radius 3 is 3.09 bits per heavy atom. The van der Waals surface area contributed by atoms with Crippen molar-refractivity contribution in [1.29, 1.82) is 0 Å². The van der Waals surface area contributed by atoms with Crippen LogP contribution in [0.3, 0.4) is 0 Å². The second kappa shape index (κ2) is 9.30. The van der Waals surface area contributed by atoms with Crippen LogP contribution in [0.5, 0.6) is 0 Å². The predicted octanol–water partition coefficient (Wildman–Crippen LogP) is 1.49. The number of rotatable bonds is 8. The van der Waals surface area contributed by atoms with Crippen LogP contribution in [0.25, 0.3) is 0 Å². The van der Waals surface area contributed by atoms with Crippen molar-refractivity contribution in [2.45, 2.75) is 44.6 Å². The van der Waals surface area contributed by atoms with Crippen molar-refractivity contribution in [1.82, 2.24) is 20.0 Å². The summed E-state index contributed by atoms with van der Waals surface area (Å²) in [5.74, 6) is -0.108. The van der Waals surface area contributed by atoms with Crippen LogP contribution in [0.1, 0.15) is 31.2 Å². The molecule has 0 radical (unpaired) electrons. The highest BCUT2D eigenvalue weighted by Crippen LogP contribution is 2.16. The Morgan fingerprint density at radius 2 is 2.35 bits per heavy atom. The lowest BCUT2D eigenvalue weighted by molar-refractivity contribution is -0.124. The highest BCUT2D eigenvalue weighted by molar-refractivity contribution is 7.99. The van der Waals surface area contributed by atoms with E-state index in [1.807, 2.05) is 11.8 Å². The van der Waals surface area contributed by atoms with Crippen molar-refractivity contribution in [2.24, 2.45) is 0 Å². The fourth-order valence-corrected chi connectivity index (χ4v) is 3.06. The fraction of sp³-hybridized carbons (Fsp3) is 0.750. The Labute approximate surface area is 142 Å². The second-order valence-electron chi connectivity index (χ2n) is 6.02. The number of hydrogen-bond acceptors (Lipinski definition) is 5. The van der Waals surface area contributed by atoms with E-state index in [1.165, 1.54) is 19.2 Å². The molecule has 1 N–H and O–H groups in total. The van der Waals surface area contributed by atoms with Crippen molar-refractivity contribution in [3.63, 3.8) is 0 Å². The van der Waals surface area contributed by atoms with Gasteiger partial charge in [0.1, 0.15) is 6.61 Å². The molecule has 1 amide bonds. The molecule has 2 heterocycles. The number of carbonyl (C=O) groups is 1. The Kier molecular flexibility index (Phi) is 7.39. The summed E-state index contributed by atoms with van der Waals surface area (Å²) < 4.78 is 6.91. The molecular weight excluding hydrogens is 312 g/mol. The van der Waals surface area contributed by atoms with Gasteiger partial charge in [-0.2, -0.15) is 16.9 Å². The summed E-state index contributed by atoms with van der Waals surface area (Å²) in [7, 11) is 1.52. The first-order valence-electron chi connectivity index (χ1n) is 8.18. The molecule has 0 bridgehead atoms. The van der Waals surface area contributed by atoms with Crippen LogP contribution in [0.15, 0.2) is 6.07 Å². The van der Waals surface area contributed by atoms with Crippen molar-refractivity contribution in [3.05, 3.63) is 17.5 Å².